The van der Waals surface area contributed by atoms with Gasteiger partial charge >= 0.3 is 0 Å². The SMILES string of the molecule is [Cr].[Fe].[Mo].[SiH4]. The molecule has 0 aliphatic rings. The average molecular weight is 236 g/mol. The van der Waals surface area contributed by atoms with Gasteiger partial charge in [0, 0.05) is 55.5 Å². The van der Waals surface area contributed by atoms with Crippen LogP contribution in [0.25, 0.3) is 0 Å². The van der Waals surface area contributed by atoms with Crippen molar-refractivity contribution in [3.8, 4) is 0 Å². The van der Waals surface area contributed by atoms with Crippen molar-refractivity contribution in [3.63, 3.8) is 0 Å². The van der Waals surface area contributed by atoms with Crippen molar-refractivity contribution in [1.82, 2.24) is 0 Å². The van der Waals surface area contributed by atoms with E-state index in [1.165, 1.54) is 0 Å². The van der Waals surface area contributed by atoms with Crippen molar-refractivity contribution >= 4 is 11.0 Å². The van der Waals surface area contributed by atoms with E-state index in [9.17, 15) is 0 Å². The van der Waals surface area contributed by atoms with Crippen LogP contribution in [0, 0.1) is 0 Å². The van der Waals surface area contributed by atoms with E-state index < -0.39 is 0 Å². The van der Waals surface area contributed by atoms with E-state index in [1.807, 2.05) is 0 Å². The molecule has 0 aromatic rings. The fourth-order valence-corrected chi connectivity index (χ4v) is 0. The first-order valence-electron chi connectivity index (χ1n) is 0. The second kappa shape index (κ2) is 20.3. The minimum Gasteiger partial charge on any atom is -0.0149 e. The Kier molecular flexibility index (Phi) is 194. The van der Waals surface area contributed by atoms with Crippen molar-refractivity contribution in [2.75, 3.05) is 0 Å². The maximum atomic E-state index is 0. The zero-order valence-corrected chi connectivity index (χ0v) is 5.56. The summed E-state index contributed by atoms with van der Waals surface area (Å²) >= 11 is 0. The minimum absolute atomic E-state index is 0. The monoisotopic (exact) mass is 238 g/mol. The quantitative estimate of drug-likeness (QED) is 0.451. The third kappa shape index (κ3) is 9.03. The first kappa shape index (κ1) is 38.2. The molecule has 0 spiro atoms. The van der Waals surface area contributed by atoms with Gasteiger partial charge in [-0.25, -0.2) is 0 Å². The second-order valence-electron chi connectivity index (χ2n) is 0. The van der Waals surface area contributed by atoms with Crippen molar-refractivity contribution in [3.05, 3.63) is 0 Å². The van der Waals surface area contributed by atoms with Crippen molar-refractivity contribution in [2.45, 2.75) is 0 Å². The number of hydrogen-bond acceptors (Lipinski definition) is 0. The number of rotatable bonds is 0. The zero-order valence-electron chi connectivity index (χ0n) is 1.17. The first-order chi connectivity index (χ1) is 0. The Morgan fingerprint density at radius 1 is 1.00 bits per heavy atom. The Morgan fingerprint density at radius 3 is 1.00 bits per heavy atom. The van der Waals surface area contributed by atoms with E-state index in [0.717, 1.165) is 0 Å². The van der Waals surface area contributed by atoms with Gasteiger partial charge in [0.25, 0.3) is 0 Å². The van der Waals surface area contributed by atoms with Crippen LogP contribution in [0.5, 0.6) is 0 Å². The smallest absolute Gasteiger partial charge is 0 e. The molecule has 0 radical (unpaired) electrons. The second-order valence-corrected chi connectivity index (χ2v) is 0. The molecule has 0 heterocycles. The minimum atomic E-state index is 0. The summed E-state index contributed by atoms with van der Waals surface area (Å²) in [6.45, 7) is 0. The average Bonchev–Trinajstić information content (AvgIpc) is 0. The largest absolute Gasteiger partial charge is 0.0149 e. The Labute approximate surface area is 66.0 Å². The van der Waals surface area contributed by atoms with Crippen LogP contribution in [0.4, 0.5) is 0 Å². The van der Waals surface area contributed by atoms with E-state index in [2.05, 4.69) is 0 Å². The van der Waals surface area contributed by atoms with Gasteiger partial charge in [0.1, 0.15) is 0 Å². The third-order valence-corrected chi connectivity index (χ3v) is 0. The van der Waals surface area contributed by atoms with Crippen molar-refractivity contribution in [1.29, 1.82) is 0 Å². The maximum absolute atomic E-state index is 0. The van der Waals surface area contributed by atoms with Gasteiger partial charge in [0.05, 0.1) is 0 Å². The number of hydrogen-bond donors (Lipinski definition) is 0. The van der Waals surface area contributed by atoms with Gasteiger partial charge in [0.2, 0.25) is 0 Å². The predicted molar refractivity (Wildman–Crippen MR) is 11.3 cm³/mol. The molecule has 0 rings (SSSR count). The summed E-state index contributed by atoms with van der Waals surface area (Å²) in [5, 5.41) is 0. The summed E-state index contributed by atoms with van der Waals surface area (Å²) in [6, 6.07) is 0. The Bertz CT molecular complexity index is 8.00. The van der Waals surface area contributed by atoms with E-state index in [4.69, 9.17) is 0 Å². The molecule has 28 valence electrons. The summed E-state index contributed by atoms with van der Waals surface area (Å²) in [5.41, 5.74) is 0. The Hall–Kier alpha value is 1.96. The molecule has 0 unspecified atom stereocenters. The molecular weight excluding hydrogens is 232 g/mol. The van der Waals surface area contributed by atoms with Gasteiger partial charge in [-0.3, -0.25) is 0 Å². The summed E-state index contributed by atoms with van der Waals surface area (Å²) in [6.07, 6.45) is 0. The zero-order chi connectivity index (χ0) is 0. The van der Waals surface area contributed by atoms with Gasteiger partial charge < -0.3 is 0 Å². The van der Waals surface area contributed by atoms with E-state index in [-0.39, 0.29) is 66.5 Å². The molecule has 0 saturated heterocycles. The normalized spacial score (nSPS) is 0. The van der Waals surface area contributed by atoms with Crippen LogP contribution in [-0.4, -0.2) is 11.0 Å². The van der Waals surface area contributed by atoms with Gasteiger partial charge in [-0.15, -0.1) is 0 Å². The molecule has 0 aliphatic heterocycles. The first-order valence-corrected chi connectivity index (χ1v) is 0. The molecule has 0 saturated carbocycles. The standard InChI is InChI=1S/Cr.Fe.Mo.H4Si/h;;;1H4. The molecule has 0 atom stereocenters. The van der Waals surface area contributed by atoms with Crippen molar-refractivity contribution in [2.24, 2.45) is 0 Å². The maximum Gasteiger partial charge on any atom is 0 e. The molecule has 0 aliphatic carbocycles. The van der Waals surface area contributed by atoms with Gasteiger partial charge in [0.15, 0.2) is 0 Å². The van der Waals surface area contributed by atoms with Crippen LogP contribution in [0.1, 0.15) is 0 Å². The van der Waals surface area contributed by atoms with Crippen LogP contribution in [0.15, 0.2) is 0 Å². The molecule has 4 heavy (non-hydrogen) atoms. The molecular formula is H4CrFeMoSi. The fraction of sp³-hybridized carbons (Fsp3) is 0. The predicted octanol–water partition coefficient (Wildman–Crippen LogP) is -1.46. The summed E-state index contributed by atoms with van der Waals surface area (Å²) in [7, 11) is 0. The van der Waals surface area contributed by atoms with Gasteiger partial charge in [-0.2, -0.15) is 0 Å². The molecule has 4 heteroatoms. The van der Waals surface area contributed by atoms with Crippen LogP contribution in [0.2, 0.25) is 0 Å². The Balaban J connectivity index is 0. The van der Waals surface area contributed by atoms with Crippen LogP contribution in [0.3, 0.4) is 0 Å². The molecule has 0 fully saturated rings. The Morgan fingerprint density at radius 2 is 1.00 bits per heavy atom. The van der Waals surface area contributed by atoms with Crippen LogP contribution < -0.4 is 0 Å². The molecule has 0 aromatic heterocycles. The topological polar surface area (TPSA) is 0 Å². The molecule has 0 aromatic carbocycles. The fourth-order valence-electron chi connectivity index (χ4n) is 0. The van der Waals surface area contributed by atoms with Gasteiger partial charge in [-0.05, 0) is 11.0 Å². The van der Waals surface area contributed by atoms with Gasteiger partial charge in [-0.1, -0.05) is 0 Å². The molecule has 0 N–H and O–H groups in total. The van der Waals surface area contributed by atoms with E-state index in [0.29, 0.717) is 0 Å². The van der Waals surface area contributed by atoms with Crippen LogP contribution in [-0.2, 0) is 55.5 Å². The van der Waals surface area contributed by atoms with Crippen molar-refractivity contribution < 1.29 is 55.5 Å². The molecule has 0 amide bonds. The summed E-state index contributed by atoms with van der Waals surface area (Å²) in [4.78, 5) is 0. The van der Waals surface area contributed by atoms with Crippen LogP contribution >= 0.6 is 0 Å². The summed E-state index contributed by atoms with van der Waals surface area (Å²) in [5.74, 6) is 0. The third-order valence-electron chi connectivity index (χ3n) is 0. The van der Waals surface area contributed by atoms with E-state index >= 15 is 0 Å². The molecule has 0 bridgehead atoms. The van der Waals surface area contributed by atoms with E-state index in [1.54, 1.807) is 0 Å². The molecule has 0 nitrogen and oxygen atoms in total. The summed E-state index contributed by atoms with van der Waals surface area (Å²) < 4.78 is 0.